The predicted octanol–water partition coefficient (Wildman–Crippen LogP) is 2.31. The van der Waals surface area contributed by atoms with Crippen molar-refractivity contribution in [3.63, 3.8) is 0 Å². The van der Waals surface area contributed by atoms with Gasteiger partial charge < -0.3 is 5.32 Å². The summed E-state index contributed by atoms with van der Waals surface area (Å²) in [6.07, 6.45) is 1.51. The lowest BCUT2D eigenvalue weighted by molar-refractivity contribution is 0.566. The van der Waals surface area contributed by atoms with Crippen molar-refractivity contribution in [1.29, 1.82) is 5.26 Å². The molecule has 1 N–H and O–H groups in total. The predicted molar refractivity (Wildman–Crippen MR) is 51.0 cm³/mol. The number of hydrogen-bond donors (Lipinski definition) is 1. The van der Waals surface area contributed by atoms with E-state index >= 15 is 0 Å². The smallest absolute Gasteiger partial charge is 0.0622 e. The van der Waals surface area contributed by atoms with E-state index in [0.29, 0.717) is 12.5 Å². The van der Waals surface area contributed by atoms with E-state index in [2.05, 4.69) is 22.8 Å². The summed E-state index contributed by atoms with van der Waals surface area (Å²) in [6, 6.07) is 6.65. The Labute approximate surface area is 76.8 Å². The van der Waals surface area contributed by atoms with Crippen LogP contribution in [0.1, 0.15) is 23.8 Å². The van der Waals surface area contributed by atoms with Crippen LogP contribution in [0.5, 0.6) is 0 Å². The van der Waals surface area contributed by atoms with E-state index in [-0.39, 0.29) is 0 Å². The van der Waals surface area contributed by atoms with Crippen LogP contribution < -0.4 is 5.32 Å². The van der Waals surface area contributed by atoms with Gasteiger partial charge >= 0.3 is 0 Å². The Morgan fingerprint density at radius 3 is 3.08 bits per heavy atom. The van der Waals surface area contributed by atoms with Crippen LogP contribution in [0, 0.1) is 11.3 Å². The van der Waals surface area contributed by atoms with Gasteiger partial charge in [-0.2, -0.15) is 5.26 Å². The molecule has 12 heavy (non-hydrogen) atoms. The van der Waals surface area contributed by atoms with E-state index in [4.69, 9.17) is 5.26 Å². The topological polar surface area (TPSA) is 35.8 Å². The fourth-order valence-electron chi connectivity index (χ4n) is 1.13. The van der Waals surface area contributed by atoms with Gasteiger partial charge in [-0.25, -0.2) is 0 Å². The Morgan fingerprint density at radius 1 is 1.75 bits per heavy atom. The first-order chi connectivity index (χ1) is 5.88. The monoisotopic (exact) mass is 180 g/mol. The van der Waals surface area contributed by atoms with Gasteiger partial charge in [0, 0.05) is 17.3 Å². The third-order valence-corrected chi connectivity index (χ3v) is 2.77. The van der Waals surface area contributed by atoms with Gasteiger partial charge in [-0.15, -0.1) is 11.3 Å². The van der Waals surface area contributed by atoms with Crippen molar-refractivity contribution in [2.45, 2.75) is 18.9 Å². The summed E-state index contributed by atoms with van der Waals surface area (Å²) in [4.78, 5) is 1.31. The third kappa shape index (κ3) is 2.33. The normalized spacial score (nSPS) is 12.3. The third-order valence-electron chi connectivity index (χ3n) is 1.78. The van der Waals surface area contributed by atoms with Crippen molar-refractivity contribution < 1.29 is 0 Å². The minimum absolute atomic E-state index is 0.352. The van der Waals surface area contributed by atoms with Crippen molar-refractivity contribution in [1.82, 2.24) is 5.32 Å². The largest absolute Gasteiger partial charge is 0.312 e. The molecule has 1 aromatic heterocycles. The maximum absolute atomic E-state index is 8.43. The molecule has 2 nitrogen and oxygen atoms in total. The second-order valence-electron chi connectivity index (χ2n) is 2.55. The Bertz CT molecular complexity index is 248. The molecule has 1 heterocycles. The van der Waals surface area contributed by atoms with E-state index in [1.165, 1.54) is 4.88 Å². The van der Waals surface area contributed by atoms with E-state index in [9.17, 15) is 0 Å². The molecule has 0 saturated heterocycles. The number of rotatable bonds is 4. The molecule has 0 spiro atoms. The lowest BCUT2D eigenvalue weighted by Crippen LogP contribution is -2.14. The molecule has 0 amide bonds. The van der Waals surface area contributed by atoms with Crippen molar-refractivity contribution in [3.8, 4) is 6.07 Å². The minimum Gasteiger partial charge on any atom is -0.312 e. The van der Waals surface area contributed by atoms with Gasteiger partial charge in [0.2, 0.25) is 0 Å². The van der Waals surface area contributed by atoms with E-state index < -0.39 is 0 Å². The summed E-state index contributed by atoms with van der Waals surface area (Å²) in [7, 11) is 1.93. The van der Waals surface area contributed by atoms with Crippen molar-refractivity contribution in [3.05, 3.63) is 22.4 Å². The average molecular weight is 180 g/mol. The zero-order valence-electron chi connectivity index (χ0n) is 7.08. The summed E-state index contributed by atoms with van der Waals surface area (Å²) in [5.41, 5.74) is 0. The molecule has 0 aliphatic heterocycles. The molecule has 1 atom stereocenters. The van der Waals surface area contributed by atoms with Crippen LogP contribution in [-0.2, 0) is 0 Å². The highest BCUT2D eigenvalue weighted by Crippen LogP contribution is 2.22. The van der Waals surface area contributed by atoms with Crippen LogP contribution in [0.3, 0.4) is 0 Å². The van der Waals surface area contributed by atoms with Crippen molar-refractivity contribution >= 4 is 11.3 Å². The molecule has 1 unspecified atom stereocenters. The van der Waals surface area contributed by atoms with Crippen LogP contribution in [0.4, 0.5) is 0 Å². The van der Waals surface area contributed by atoms with Crippen molar-refractivity contribution in [2.24, 2.45) is 0 Å². The Morgan fingerprint density at radius 2 is 2.58 bits per heavy atom. The lowest BCUT2D eigenvalue weighted by Gasteiger charge is -2.11. The Kier molecular flexibility index (Phi) is 3.78. The molecule has 0 aromatic carbocycles. The van der Waals surface area contributed by atoms with Gasteiger partial charge in [-0.1, -0.05) is 6.07 Å². The summed E-state index contributed by atoms with van der Waals surface area (Å²) in [6.45, 7) is 0. The van der Waals surface area contributed by atoms with Crippen molar-refractivity contribution in [2.75, 3.05) is 7.05 Å². The van der Waals surface area contributed by atoms with Gasteiger partial charge in [-0.05, 0) is 24.9 Å². The minimum atomic E-state index is 0.352. The van der Waals surface area contributed by atoms with E-state index in [0.717, 1.165) is 6.42 Å². The number of nitrogens with one attached hydrogen (secondary N) is 1. The zero-order valence-corrected chi connectivity index (χ0v) is 7.90. The standard InChI is InChI=1S/C9H12N2S/c1-11-8(4-2-6-10)9-5-3-7-12-9/h3,5,7-8,11H,2,4H2,1H3. The number of thiophene rings is 1. The lowest BCUT2D eigenvalue weighted by atomic mass is 10.1. The Hall–Kier alpha value is -0.850. The highest BCUT2D eigenvalue weighted by Gasteiger charge is 2.08. The second-order valence-corrected chi connectivity index (χ2v) is 3.53. The summed E-state index contributed by atoms with van der Waals surface area (Å²) >= 11 is 1.73. The molecule has 0 aliphatic rings. The molecule has 64 valence electrons. The molecule has 0 aliphatic carbocycles. The van der Waals surface area contributed by atoms with E-state index in [1.807, 2.05) is 13.1 Å². The SMILES string of the molecule is CNC(CCC#N)c1cccs1. The second kappa shape index (κ2) is 4.91. The first-order valence-corrected chi connectivity index (χ1v) is 4.84. The molecular weight excluding hydrogens is 168 g/mol. The maximum atomic E-state index is 8.43. The fourth-order valence-corrected chi connectivity index (χ4v) is 2.00. The van der Waals surface area contributed by atoms with Crippen LogP contribution in [0.25, 0.3) is 0 Å². The summed E-state index contributed by atoms with van der Waals surface area (Å²) < 4.78 is 0. The molecule has 0 fully saturated rings. The Balaban J connectivity index is 2.52. The molecule has 0 saturated carbocycles. The van der Waals surface area contributed by atoms with Gasteiger partial charge in [0.25, 0.3) is 0 Å². The molecule has 0 bridgehead atoms. The molecule has 1 rings (SSSR count). The van der Waals surface area contributed by atoms with Gasteiger partial charge in [0.15, 0.2) is 0 Å². The number of hydrogen-bond acceptors (Lipinski definition) is 3. The molecule has 0 radical (unpaired) electrons. The zero-order chi connectivity index (χ0) is 8.81. The average Bonchev–Trinajstić information content (AvgIpc) is 2.59. The van der Waals surface area contributed by atoms with Crippen LogP contribution in [-0.4, -0.2) is 7.05 Å². The number of nitriles is 1. The first-order valence-electron chi connectivity index (χ1n) is 3.96. The highest BCUT2D eigenvalue weighted by atomic mass is 32.1. The van der Waals surface area contributed by atoms with Crippen LogP contribution in [0.2, 0.25) is 0 Å². The quantitative estimate of drug-likeness (QED) is 0.771. The molecule has 1 aromatic rings. The van der Waals surface area contributed by atoms with Gasteiger partial charge in [-0.3, -0.25) is 0 Å². The van der Waals surface area contributed by atoms with Gasteiger partial charge in [0.1, 0.15) is 0 Å². The highest BCUT2D eigenvalue weighted by molar-refractivity contribution is 7.10. The van der Waals surface area contributed by atoms with Crippen LogP contribution in [0.15, 0.2) is 17.5 Å². The van der Waals surface area contributed by atoms with E-state index in [1.54, 1.807) is 11.3 Å². The fraction of sp³-hybridized carbons (Fsp3) is 0.444. The molecule has 3 heteroatoms. The maximum Gasteiger partial charge on any atom is 0.0622 e. The first kappa shape index (κ1) is 9.24. The van der Waals surface area contributed by atoms with Gasteiger partial charge in [0.05, 0.1) is 6.07 Å². The van der Waals surface area contributed by atoms with Crippen LogP contribution >= 0.6 is 11.3 Å². The number of nitrogens with zero attached hydrogens (tertiary/aromatic N) is 1. The summed E-state index contributed by atoms with van der Waals surface area (Å²) in [5.74, 6) is 0. The summed E-state index contributed by atoms with van der Waals surface area (Å²) in [5, 5.41) is 13.7. The molecular formula is C9H12N2S.